The summed E-state index contributed by atoms with van der Waals surface area (Å²) in [5, 5.41) is 5.88. The van der Waals surface area contributed by atoms with Gasteiger partial charge < -0.3 is 15.4 Å². The number of hydrogen-bond acceptors (Lipinski definition) is 4. The second kappa shape index (κ2) is 11.9. The Morgan fingerprint density at radius 2 is 1.48 bits per heavy atom. The SMILES string of the molecule is Cc1ccc(CN2C(=O)O[C@@H](c3cccc(NC(=O)c4ccc(C)cc4)c3)[C@H]2C(=O)NCc2ccccc2)cc1. The number of rotatable bonds is 8. The Morgan fingerprint density at radius 3 is 2.17 bits per heavy atom. The average molecular weight is 534 g/mol. The van der Waals surface area contributed by atoms with E-state index >= 15 is 0 Å². The van der Waals surface area contributed by atoms with E-state index in [9.17, 15) is 14.4 Å². The van der Waals surface area contributed by atoms with E-state index in [0.29, 0.717) is 23.4 Å². The standard InChI is InChI=1S/C33H31N3O4/c1-22-11-15-25(16-12-22)21-36-29(32(38)34-20-24-7-4-3-5-8-24)30(40-33(36)39)27-9-6-10-28(19-27)35-31(37)26-17-13-23(2)14-18-26/h3-19,29-30H,20-21H2,1-2H3,(H,34,38)(H,35,37)/t29-,30-/m0/s1. The van der Waals surface area contributed by atoms with E-state index in [2.05, 4.69) is 10.6 Å². The molecule has 202 valence electrons. The number of nitrogens with one attached hydrogen (secondary N) is 2. The predicted octanol–water partition coefficient (Wildman–Crippen LogP) is 5.93. The molecule has 5 rings (SSSR count). The van der Waals surface area contributed by atoms with Crippen molar-refractivity contribution in [2.75, 3.05) is 5.32 Å². The first-order chi connectivity index (χ1) is 19.4. The molecule has 0 aliphatic carbocycles. The summed E-state index contributed by atoms with van der Waals surface area (Å²) in [6.45, 7) is 4.50. The zero-order valence-corrected chi connectivity index (χ0v) is 22.5. The Bertz CT molecular complexity index is 1500. The summed E-state index contributed by atoms with van der Waals surface area (Å²) in [6, 6.07) is 30.9. The fourth-order valence-electron chi connectivity index (χ4n) is 4.69. The molecule has 7 heteroatoms. The first-order valence-corrected chi connectivity index (χ1v) is 13.2. The van der Waals surface area contributed by atoms with Gasteiger partial charge in [-0.1, -0.05) is 90.0 Å². The summed E-state index contributed by atoms with van der Waals surface area (Å²) in [5.41, 5.74) is 5.69. The van der Waals surface area contributed by atoms with Gasteiger partial charge in [-0.15, -0.1) is 0 Å². The van der Waals surface area contributed by atoms with E-state index in [1.807, 2.05) is 80.6 Å². The smallest absolute Gasteiger partial charge is 0.411 e. The molecule has 0 saturated carbocycles. The molecule has 4 aromatic carbocycles. The quantitative estimate of drug-likeness (QED) is 0.294. The van der Waals surface area contributed by atoms with Crippen LogP contribution in [-0.2, 0) is 22.6 Å². The number of nitrogens with zero attached hydrogens (tertiary/aromatic N) is 1. The number of cyclic esters (lactones) is 1. The highest BCUT2D eigenvalue weighted by Crippen LogP contribution is 2.35. The summed E-state index contributed by atoms with van der Waals surface area (Å²) < 4.78 is 5.81. The van der Waals surface area contributed by atoms with Crippen LogP contribution in [0.2, 0.25) is 0 Å². The summed E-state index contributed by atoms with van der Waals surface area (Å²) in [5.74, 6) is -0.570. The number of benzene rings is 4. The van der Waals surface area contributed by atoms with Crippen LogP contribution in [0.5, 0.6) is 0 Å². The van der Waals surface area contributed by atoms with Crippen molar-refractivity contribution in [2.24, 2.45) is 0 Å². The van der Waals surface area contributed by atoms with Crippen LogP contribution in [0.3, 0.4) is 0 Å². The third-order valence-corrected chi connectivity index (χ3v) is 6.92. The van der Waals surface area contributed by atoms with E-state index in [-0.39, 0.29) is 18.4 Å². The van der Waals surface area contributed by atoms with Gasteiger partial charge in [0.1, 0.15) is 0 Å². The zero-order valence-electron chi connectivity index (χ0n) is 22.5. The molecule has 0 aromatic heterocycles. The fraction of sp³-hybridized carbons (Fsp3) is 0.182. The van der Waals surface area contributed by atoms with Crippen molar-refractivity contribution < 1.29 is 19.1 Å². The Balaban J connectivity index is 1.40. The minimum absolute atomic E-state index is 0.225. The monoisotopic (exact) mass is 533 g/mol. The summed E-state index contributed by atoms with van der Waals surface area (Å²) >= 11 is 0. The Hall–Kier alpha value is -4.91. The summed E-state index contributed by atoms with van der Waals surface area (Å²) in [6.07, 6.45) is -1.43. The highest BCUT2D eigenvalue weighted by molar-refractivity contribution is 6.04. The molecule has 1 saturated heterocycles. The predicted molar refractivity (Wildman–Crippen MR) is 154 cm³/mol. The maximum Gasteiger partial charge on any atom is 0.411 e. The number of anilines is 1. The molecule has 1 aliphatic heterocycles. The lowest BCUT2D eigenvalue weighted by Gasteiger charge is -2.24. The Labute approximate surface area is 233 Å². The van der Waals surface area contributed by atoms with Crippen molar-refractivity contribution in [3.63, 3.8) is 0 Å². The largest absolute Gasteiger partial charge is 0.438 e. The molecule has 1 fully saturated rings. The van der Waals surface area contributed by atoms with Gasteiger partial charge in [-0.05, 0) is 54.8 Å². The van der Waals surface area contributed by atoms with Gasteiger partial charge in [0.2, 0.25) is 5.91 Å². The molecule has 2 atom stereocenters. The van der Waals surface area contributed by atoms with Gasteiger partial charge in [0.15, 0.2) is 12.1 Å². The lowest BCUT2D eigenvalue weighted by atomic mass is 9.99. The molecule has 4 aromatic rings. The molecule has 0 spiro atoms. The van der Waals surface area contributed by atoms with Gasteiger partial charge in [0.25, 0.3) is 5.91 Å². The van der Waals surface area contributed by atoms with Crippen molar-refractivity contribution in [3.8, 4) is 0 Å². The van der Waals surface area contributed by atoms with Gasteiger partial charge >= 0.3 is 6.09 Å². The summed E-state index contributed by atoms with van der Waals surface area (Å²) in [7, 11) is 0. The number of ether oxygens (including phenoxy) is 1. The second-order valence-corrected chi connectivity index (χ2v) is 10.0. The molecule has 0 bridgehead atoms. The second-order valence-electron chi connectivity index (χ2n) is 10.0. The molecule has 1 heterocycles. The number of amides is 3. The molecule has 0 radical (unpaired) electrons. The molecule has 3 amide bonds. The topological polar surface area (TPSA) is 87.7 Å². The van der Waals surface area contributed by atoms with Crippen molar-refractivity contribution in [1.82, 2.24) is 10.2 Å². The van der Waals surface area contributed by atoms with Gasteiger partial charge in [-0.2, -0.15) is 0 Å². The van der Waals surface area contributed by atoms with Crippen LogP contribution in [0.15, 0.2) is 103 Å². The third kappa shape index (κ3) is 6.21. The molecular weight excluding hydrogens is 502 g/mol. The Morgan fingerprint density at radius 1 is 0.800 bits per heavy atom. The van der Waals surface area contributed by atoms with Gasteiger partial charge in [0.05, 0.1) is 6.54 Å². The van der Waals surface area contributed by atoms with Crippen LogP contribution in [0, 0.1) is 13.8 Å². The highest BCUT2D eigenvalue weighted by atomic mass is 16.6. The third-order valence-electron chi connectivity index (χ3n) is 6.92. The van der Waals surface area contributed by atoms with Gasteiger partial charge in [-0.25, -0.2) is 4.79 Å². The number of hydrogen-bond donors (Lipinski definition) is 2. The molecule has 40 heavy (non-hydrogen) atoms. The molecular formula is C33H31N3O4. The normalized spacial score (nSPS) is 16.4. The fourth-order valence-corrected chi connectivity index (χ4v) is 4.69. The van der Waals surface area contributed by atoms with Crippen molar-refractivity contribution in [3.05, 3.63) is 137 Å². The maximum atomic E-state index is 13.6. The van der Waals surface area contributed by atoms with Crippen LogP contribution in [0.4, 0.5) is 10.5 Å². The first-order valence-electron chi connectivity index (χ1n) is 13.2. The van der Waals surface area contributed by atoms with Crippen LogP contribution >= 0.6 is 0 Å². The van der Waals surface area contributed by atoms with E-state index in [1.165, 1.54) is 4.90 Å². The number of carbonyl (C=O) groups is 3. The van der Waals surface area contributed by atoms with Crippen molar-refractivity contribution >= 4 is 23.6 Å². The average Bonchev–Trinajstić information content (AvgIpc) is 3.29. The van der Waals surface area contributed by atoms with Crippen molar-refractivity contribution in [2.45, 2.75) is 39.1 Å². The molecule has 0 unspecified atom stereocenters. The van der Waals surface area contributed by atoms with E-state index < -0.39 is 18.2 Å². The van der Waals surface area contributed by atoms with Gasteiger partial charge in [-0.3, -0.25) is 14.5 Å². The van der Waals surface area contributed by atoms with Crippen LogP contribution in [0.1, 0.15) is 44.3 Å². The zero-order chi connectivity index (χ0) is 28.1. The molecule has 1 aliphatic rings. The lowest BCUT2D eigenvalue weighted by Crippen LogP contribution is -2.46. The molecule has 7 nitrogen and oxygen atoms in total. The first kappa shape index (κ1) is 26.7. The molecule has 2 N–H and O–H groups in total. The van der Waals surface area contributed by atoms with Crippen LogP contribution in [-0.4, -0.2) is 28.8 Å². The van der Waals surface area contributed by atoms with Crippen LogP contribution < -0.4 is 10.6 Å². The minimum atomic E-state index is -0.902. The van der Waals surface area contributed by atoms with E-state index in [0.717, 1.165) is 22.3 Å². The maximum absolute atomic E-state index is 13.6. The Kier molecular flexibility index (Phi) is 7.92. The van der Waals surface area contributed by atoms with E-state index in [4.69, 9.17) is 4.74 Å². The lowest BCUT2D eigenvalue weighted by molar-refractivity contribution is -0.126. The number of aryl methyl sites for hydroxylation is 2. The summed E-state index contributed by atoms with van der Waals surface area (Å²) in [4.78, 5) is 41.0. The number of carbonyl (C=O) groups excluding carboxylic acids is 3. The van der Waals surface area contributed by atoms with Gasteiger partial charge in [0, 0.05) is 17.8 Å². The highest BCUT2D eigenvalue weighted by Gasteiger charge is 2.47. The minimum Gasteiger partial charge on any atom is -0.438 e. The van der Waals surface area contributed by atoms with Crippen LogP contribution in [0.25, 0.3) is 0 Å². The van der Waals surface area contributed by atoms with E-state index in [1.54, 1.807) is 36.4 Å². The van der Waals surface area contributed by atoms with Crippen molar-refractivity contribution in [1.29, 1.82) is 0 Å².